The van der Waals surface area contributed by atoms with Crippen LogP contribution in [-0.4, -0.2) is 24.7 Å². The van der Waals surface area contributed by atoms with Crippen LogP contribution in [0.5, 0.6) is 0 Å². The van der Waals surface area contributed by atoms with Gasteiger partial charge in [0, 0.05) is 35.5 Å². The molecule has 1 N–H and O–H groups in total. The molecule has 3 rings (SSSR count). The van der Waals surface area contributed by atoms with Crippen molar-refractivity contribution in [2.75, 3.05) is 24.7 Å². The van der Waals surface area contributed by atoms with Gasteiger partial charge in [-0.25, -0.2) is 0 Å². The summed E-state index contributed by atoms with van der Waals surface area (Å²) in [6.07, 6.45) is 5.33. The van der Waals surface area contributed by atoms with Crippen molar-refractivity contribution in [3.63, 3.8) is 0 Å². The Morgan fingerprint density at radius 2 is 2.05 bits per heavy atom. The first kappa shape index (κ1) is 13.8. The van der Waals surface area contributed by atoms with Gasteiger partial charge in [-0.3, -0.25) is 0 Å². The molecule has 1 aliphatic heterocycles. The summed E-state index contributed by atoms with van der Waals surface area (Å²) in [5.41, 5.74) is 1.92. The van der Waals surface area contributed by atoms with Crippen molar-refractivity contribution in [3.8, 4) is 0 Å². The normalized spacial score (nSPS) is 24.6. The topological polar surface area (TPSA) is 12.0 Å². The number of nitrogens with one attached hydrogen (secondary N) is 1. The van der Waals surface area contributed by atoms with Crippen molar-refractivity contribution in [2.24, 2.45) is 5.41 Å². The number of rotatable bonds is 5. The summed E-state index contributed by atoms with van der Waals surface area (Å²) in [6, 6.07) is 8.84. The van der Waals surface area contributed by atoms with Crippen molar-refractivity contribution in [1.82, 2.24) is 5.32 Å². The molecular formula is C16H22ClNS. The highest BCUT2D eigenvalue weighted by atomic mass is 35.5. The molecule has 104 valence electrons. The molecule has 19 heavy (non-hydrogen) atoms. The summed E-state index contributed by atoms with van der Waals surface area (Å²) in [5, 5.41) is 3.70. The van der Waals surface area contributed by atoms with E-state index in [1.807, 2.05) is 11.8 Å². The maximum absolute atomic E-state index is 6.20. The fraction of sp³-hybridized carbons (Fsp3) is 0.625. The van der Waals surface area contributed by atoms with E-state index in [9.17, 15) is 0 Å². The standard InChI is InChI=1S/C16H22ClNS/c17-11-16(7-3-4-8-16)12-18-9-13-10-19-15-6-2-1-5-14(13)15/h1-2,5-6,13,18H,3-4,7-12H2. The lowest BCUT2D eigenvalue weighted by Gasteiger charge is -2.27. The van der Waals surface area contributed by atoms with Gasteiger partial charge in [0.1, 0.15) is 0 Å². The summed E-state index contributed by atoms with van der Waals surface area (Å²) in [4.78, 5) is 1.47. The third-order valence-corrected chi connectivity index (χ3v) is 6.46. The Morgan fingerprint density at radius 1 is 1.26 bits per heavy atom. The molecule has 0 radical (unpaired) electrons. The molecule has 0 amide bonds. The van der Waals surface area contributed by atoms with Gasteiger partial charge < -0.3 is 5.32 Å². The zero-order valence-corrected chi connectivity index (χ0v) is 12.9. The fourth-order valence-corrected chi connectivity index (χ4v) is 5.01. The van der Waals surface area contributed by atoms with E-state index in [2.05, 4.69) is 29.6 Å². The number of hydrogen-bond acceptors (Lipinski definition) is 2. The van der Waals surface area contributed by atoms with Crippen LogP contribution in [0.25, 0.3) is 0 Å². The van der Waals surface area contributed by atoms with Crippen LogP contribution in [0.2, 0.25) is 0 Å². The summed E-state index contributed by atoms with van der Waals surface area (Å²) in [5.74, 6) is 2.71. The molecular weight excluding hydrogens is 274 g/mol. The summed E-state index contributed by atoms with van der Waals surface area (Å²) < 4.78 is 0. The lowest BCUT2D eigenvalue weighted by Crippen LogP contribution is -2.35. The third kappa shape index (κ3) is 2.96. The lowest BCUT2D eigenvalue weighted by atomic mass is 9.88. The average Bonchev–Trinajstić information content (AvgIpc) is 3.07. The van der Waals surface area contributed by atoms with Gasteiger partial charge in [0.05, 0.1) is 0 Å². The van der Waals surface area contributed by atoms with Crippen LogP contribution in [0.4, 0.5) is 0 Å². The van der Waals surface area contributed by atoms with Crippen molar-refractivity contribution < 1.29 is 0 Å². The molecule has 0 bridgehead atoms. The first-order valence-corrected chi connectivity index (χ1v) is 8.83. The van der Waals surface area contributed by atoms with Crippen LogP contribution in [0.1, 0.15) is 37.2 Å². The Labute approximate surface area is 125 Å². The van der Waals surface area contributed by atoms with E-state index in [-0.39, 0.29) is 0 Å². The van der Waals surface area contributed by atoms with Crippen LogP contribution in [0.3, 0.4) is 0 Å². The molecule has 1 heterocycles. The van der Waals surface area contributed by atoms with Gasteiger partial charge in [0.25, 0.3) is 0 Å². The molecule has 0 spiro atoms. The highest BCUT2D eigenvalue weighted by molar-refractivity contribution is 7.99. The van der Waals surface area contributed by atoms with E-state index in [1.54, 1.807) is 0 Å². The van der Waals surface area contributed by atoms with Gasteiger partial charge in [-0.15, -0.1) is 23.4 Å². The number of halogens is 1. The van der Waals surface area contributed by atoms with Crippen molar-refractivity contribution >= 4 is 23.4 Å². The van der Waals surface area contributed by atoms with E-state index in [0.717, 1.165) is 19.0 Å². The minimum Gasteiger partial charge on any atom is -0.315 e. The Bertz CT molecular complexity index is 429. The molecule has 0 saturated heterocycles. The van der Waals surface area contributed by atoms with Gasteiger partial charge >= 0.3 is 0 Å². The number of benzene rings is 1. The molecule has 1 aliphatic carbocycles. The number of hydrogen-bond donors (Lipinski definition) is 1. The third-order valence-electron chi connectivity index (χ3n) is 4.64. The van der Waals surface area contributed by atoms with Gasteiger partial charge in [0.15, 0.2) is 0 Å². The SMILES string of the molecule is ClCC1(CNCC2CSc3ccccc32)CCCC1. The zero-order valence-electron chi connectivity index (χ0n) is 11.3. The minimum atomic E-state index is 0.382. The van der Waals surface area contributed by atoms with Crippen LogP contribution in [-0.2, 0) is 0 Å². The Hall–Kier alpha value is -0.180. The largest absolute Gasteiger partial charge is 0.315 e. The van der Waals surface area contributed by atoms with Crippen molar-refractivity contribution in [3.05, 3.63) is 29.8 Å². The molecule has 2 aliphatic rings. The van der Waals surface area contributed by atoms with Gasteiger partial charge in [-0.05, 0) is 29.9 Å². The zero-order chi connectivity index (χ0) is 13.1. The molecule has 1 aromatic carbocycles. The second kappa shape index (κ2) is 6.07. The maximum Gasteiger partial charge on any atom is 0.0292 e. The Kier molecular flexibility index (Phi) is 4.40. The first-order chi connectivity index (χ1) is 9.33. The number of alkyl halides is 1. The summed E-state index contributed by atoms with van der Waals surface area (Å²) in [6.45, 7) is 2.20. The molecule has 1 aromatic rings. The summed E-state index contributed by atoms with van der Waals surface area (Å²) in [7, 11) is 0. The Balaban J connectivity index is 1.54. The van der Waals surface area contributed by atoms with Gasteiger partial charge in [-0.2, -0.15) is 0 Å². The lowest BCUT2D eigenvalue weighted by molar-refractivity contribution is 0.319. The van der Waals surface area contributed by atoms with E-state index in [4.69, 9.17) is 11.6 Å². The van der Waals surface area contributed by atoms with E-state index < -0.39 is 0 Å². The number of thioether (sulfide) groups is 1. The van der Waals surface area contributed by atoms with Gasteiger partial charge in [0.2, 0.25) is 0 Å². The molecule has 1 nitrogen and oxygen atoms in total. The molecule has 1 fully saturated rings. The molecule has 3 heteroatoms. The van der Waals surface area contributed by atoms with Crippen LogP contribution in [0, 0.1) is 5.41 Å². The molecule has 0 aromatic heterocycles. The number of fused-ring (bicyclic) bond motifs is 1. The average molecular weight is 296 g/mol. The minimum absolute atomic E-state index is 0.382. The second-order valence-corrected chi connectivity index (χ2v) is 7.35. The predicted molar refractivity (Wildman–Crippen MR) is 84.4 cm³/mol. The molecule has 1 atom stereocenters. The first-order valence-electron chi connectivity index (χ1n) is 7.31. The van der Waals surface area contributed by atoms with Crippen molar-refractivity contribution in [2.45, 2.75) is 36.5 Å². The fourth-order valence-electron chi connectivity index (χ4n) is 3.39. The van der Waals surface area contributed by atoms with Crippen LogP contribution >= 0.6 is 23.4 Å². The smallest absolute Gasteiger partial charge is 0.0292 e. The second-order valence-electron chi connectivity index (χ2n) is 6.02. The van der Waals surface area contributed by atoms with E-state index in [0.29, 0.717) is 11.3 Å². The maximum atomic E-state index is 6.20. The van der Waals surface area contributed by atoms with Crippen LogP contribution < -0.4 is 5.32 Å². The predicted octanol–water partition coefficient (Wildman–Crippen LogP) is 4.26. The monoisotopic (exact) mass is 295 g/mol. The van der Waals surface area contributed by atoms with Gasteiger partial charge in [-0.1, -0.05) is 31.0 Å². The van der Waals surface area contributed by atoms with E-state index >= 15 is 0 Å². The highest BCUT2D eigenvalue weighted by Crippen LogP contribution is 2.40. The molecule has 1 saturated carbocycles. The summed E-state index contributed by atoms with van der Waals surface area (Å²) >= 11 is 8.19. The highest BCUT2D eigenvalue weighted by Gasteiger charge is 2.33. The molecule has 1 unspecified atom stereocenters. The Morgan fingerprint density at radius 3 is 2.84 bits per heavy atom. The quantitative estimate of drug-likeness (QED) is 0.815. The van der Waals surface area contributed by atoms with Crippen LogP contribution in [0.15, 0.2) is 29.2 Å². The van der Waals surface area contributed by atoms with Crippen molar-refractivity contribution in [1.29, 1.82) is 0 Å². The van der Waals surface area contributed by atoms with E-state index in [1.165, 1.54) is 41.9 Å².